The molecule has 0 fully saturated rings. The molecule has 0 saturated heterocycles. The molecule has 198 valence electrons. The van der Waals surface area contributed by atoms with Gasteiger partial charge < -0.3 is 0 Å². The standard InChI is InChI=1S/C36H22F3NS/c37-36(38,39)28-7-5-6-27(22-28)25-14-12-23(13-15-25)24-16-18-26(19-17-24)29-20-21-32(31-9-2-1-8-30(29)31)35-40-33-10-3-4-11-34(33)41-35/h1-22H. The van der Waals surface area contributed by atoms with Crippen molar-refractivity contribution < 1.29 is 13.2 Å². The first-order chi connectivity index (χ1) is 19.9. The van der Waals surface area contributed by atoms with E-state index in [4.69, 9.17) is 4.98 Å². The molecule has 5 heteroatoms. The first-order valence-electron chi connectivity index (χ1n) is 13.2. The number of fused-ring (bicyclic) bond motifs is 2. The molecule has 0 aliphatic carbocycles. The summed E-state index contributed by atoms with van der Waals surface area (Å²) in [4.78, 5) is 4.89. The first kappa shape index (κ1) is 25.2. The van der Waals surface area contributed by atoms with Crippen LogP contribution in [0, 0.1) is 0 Å². The van der Waals surface area contributed by atoms with Crippen molar-refractivity contribution in [3.63, 3.8) is 0 Å². The second-order valence-corrected chi connectivity index (χ2v) is 11.0. The number of benzene rings is 6. The molecule has 0 aliphatic rings. The normalized spacial score (nSPS) is 11.8. The minimum Gasteiger partial charge on any atom is -0.236 e. The Morgan fingerprint density at radius 2 is 1.05 bits per heavy atom. The molecular weight excluding hydrogens is 535 g/mol. The summed E-state index contributed by atoms with van der Waals surface area (Å²) in [5.74, 6) is 0. The number of halogens is 3. The summed E-state index contributed by atoms with van der Waals surface area (Å²) >= 11 is 1.71. The molecule has 0 saturated carbocycles. The van der Waals surface area contributed by atoms with Crippen LogP contribution in [0.4, 0.5) is 13.2 Å². The highest BCUT2D eigenvalue weighted by molar-refractivity contribution is 7.21. The molecule has 0 aliphatic heterocycles. The number of para-hydroxylation sites is 1. The summed E-state index contributed by atoms with van der Waals surface area (Å²) < 4.78 is 40.6. The molecule has 0 unspecified atom stereocenters. The monoisotopic (exact) mass is 557 g/mol. The number of aromatic nitrogens is 1. The van der Waals surface area contributed by atoms with E-state index in [9.17, 15) is 13.2 Å². The van der Waals surface area contributed by atoms with Crippen molar-refractivity contribution in [1.29, 1.82) is 0 Å². The van der Waals surface area contributed by atoms with Gasteiger partial charge in [-0.05, 0) is 68.4 Å². The van der Waals surface area contributed by atoms with Gasteiger partial charge in [-0.25, -0.2) is 4.98 Å². The van der Waals surface area contributed by atoms with E-state index in [0.717, 1.165) is 50.0 Å². The van der Waals surface area contributed by atoms with Crippen molar-refractivity contribution in [3.8, 4) is 44.0 Å². The molecule has 7 aromatic rings. The smallest absolute Gasteiger partial charge is 0.236 e. The molecular formula is C36H22F3NS. The topological polar surface area (TPSA) is 12.9 Å². The van der Waals surface area contributed by atoms with E-state index in [-0.39, 0.29) is 0 Å². The van der Waals surface area contributed by atoms with Crippen molar-refractivity contribution in [2.24, 2.45) is 0 Å². The number of hydrogen-bond donors (Lipinski definition) is 0. The highest BCUT2D eigenvalue weighted by Gasteiger charge is 2.30. The molecule has 0 spiro atoms. The Labute approximate surface area is 239 Å². The van der Waals surface area contributed by atoms with Crippen LogP contribution in [0.2, 0.25) is 0 Å². The summed E-state index contributed by atoms with van der Waals surface area (Å²) in [6, 6.07) is 42.5. The summed E-state index contributed by atoms with van der Waals surface area (Å²) in [6.45, 7) is 0. The Bertz CT molecular complexity index is 1990. The van der Waals surface area contributed by atoms with Crippen molar-refractivity contribution >= 4 is 32.3 Å². The number of rotatable bonds is 4. The Hall–Kier alpha value is -4.74. The van der Waals surface area contributed by atoms with E-state index < -0.39 is 11.7 Å². The van der Waals surface area contributed by atoms with Crippen LogP contribution < -0.4 is 0 Å². The molecule has 7 rings (SSSR count). The number of alkyl halides is 3. The van der Waals surface area contributed by atoms with Crippen LogP contribution in [0.3, 0.4) is 0 Å². The summed E-state index contributed by atoms with van der Waals surface area (Å²) in [5, 5.41) is 3.35. The Kier molecular flexibility index (Phi) is 6.17. The van der Waals surface area contributed by atoms with Gasteiger partial charge in [-0.3, -0.25) is 0 Å². The van der Waals surface area contributed by atoms with Gasteiger partial charge in [0.25, 0.3) is 0 Å². The third-order valence-electron chi connectivity index (χ3n) is 7.39. The maximum Gasteiger partial charge on any atom is 0.416 e. The number of nitrogens with zero attached hydrogens (tertiary/aromatic N) is 1. The van der Waals surface area contributed by atoms with Crippen LogP contribution in [0.5, 0.6) is 0 Å². The van der Waals surface area contributed by atoms with Gasteiger partial charge >= 0.3 is 6.18 Å². The minimum atomic E-state index is -4.36. The van der Waals surface area contributed by atoms with Crippen LogP contribution in [-0.2, 0) is 6.18 Å². The predicted octanol–water partition coefficient (Wildman–Crippen LogP) is 11.1. The zero-order valence-corrected chi connectivity index (χ0v) is 22.5. The van der Waals surface area contributed by atoms with Gasteiger partial charge in [0.15, 0.2) is 0 Å². The van der Waals surface area contributed by atoms with Crippen LogP contribution in [-0.4, -0.2) is 4.98 Å². The predicted molar refractivity (Wildman–Crippen MR) is 164 cm³/mol. The quantitative estimate of drug-likeness (QED) is 0.210. The van der Waals surface area contributed by atoms with Gasteiger partial charge in [-0.15, -0.1) is 11.3 Å². The maximum absolute atomic E-state index is 13.1. The molecule has 0 atom stereocenters. The lowest BCUT2D eigenvalue weighted by Crippen LogP contribution is -2.04. The highest BCUT2D eigenvalue weighted by atomic mass is 32.1. The van der Waals surface area contributed by atoms with Crippen molar-refractivity contribution in [2.45, 2.75) is 6.18 Å². The summed E-state index contributed by atoms with van der Waals surface area (Å²) in [6.07, 6.45) is -4.36. The fraction of sp³-hybridized carbons (Fsp3) is 0.0278. The van der Waals surface area contributed by atoms with Crippen LogP contribution >= 0.6 is 11.3 Å². The Balaban J connectivity index is 1.20. The van der Waals surface area contributed by atoms with Gasteiger partial charge in [0.1, 0.15) is 5.01 Å². The van der Waals surface area contributed by atoms with Crippen molar-refractivity contribution in [1.82, 2.24) is 4.98 Å². The zero-order valence-electron chi connectivity index (χ0n) is 21.7. The summed E-state index contributed by atoms with van der Waals surface area (Å²) in [7, 11) is 0. The lowest BCUT2D eigenvalue weighted by atomic mass is 9.93. The van der Waals surface area contributed by atoms with E-state index in [1.807, 2.05) is 42.5 Å². The molecule has 0 bridgehead atoms. The van der Waals surface area contributed by atoms with Crippen LogP contribution in [0.25, 0.3) is 64.9 Å². The minimum absolute atomic E-state index is 0.544. The first-order valence-corrected chi connectivity index (χ1v) is 14.0. The van der Waals surface area contributed by atoms with Gasteiger partial charge in [-0.1, -0.05) is 109 Å². The SMILES string of the molecule is FC(F)(F)c1cccc(-c2ccc(-c3ccc(-c4ccc(-c5nc6ccccc6s5)c5ccccc45)cc3)cc2)c1. The third kappa shape index (κ3) is 4.79. The third-order valence-corrected chi connectivity index (χ3v) is 8.46. The van der Waals surface area contributed by atoms with Crippen molar-refractivity contribution in [2.75, 3.05) is 0 Å². The largest absolute Gasteiger partial charge is 0.416 e. The Morgan fingerprint density at radius 3 is 1.71 bits per heavy atom. The molecule has 6 aromatic carbocycles. The fourth-order valence-electron chi connectivity index (χ4n) is 5.30. The molecule has 41 heavy (non-hydrogen) atoms. The second-order valence-electron chi connectivity index (χ2n) is 9.93. The Morgan fingerprint density at radius 1 is 0.488 bits per heavy atom. The highest BCUT2D eigenvalue weighted by Crippen LogP contribution is 2.39. The van der Waals surface area contributed by atoms with Gasteiger partial charge in [0, 0.05) is 5.56 Å². The summed E-state index contributed by atoms with van der Waals surface area (Å²) in [5.41, 5.74) is 7.10. The average Bonchev–Trinajstić information content (AvgIpc) is 3.45. The maximum atomic E-state index is 13.1. The van der Waals surface area contributed by atoms with Crippen LogP contribution in [0.15, 0.2) is 133 Å². The van der Waals surface area contributed by atoms with Crippen molar-refractivity contribution in [3.05, 3.63) is 139 Å². The molecule has 1 heterocycles. The number of thiazole rings is 1. The lowest BCUT2D eigenvalue weighted by molar-refractivity contribution is -0.137. The van der Waals surface area contributed by atoms with E-state index in [1.54, 1.807) is 17.4 Å². The van der Waals surface area contributed by atoms with Gasteiger partial charge in [-0.2, -0.15) is 13.2 Å². The molecule has 1 aromatic heterocycles. The van der Waals surface area contributed by atoms with E-state index in [2.05, 4.69) is 66.7 Å². The second kappa shape index (κ2) is 10.0. The van der Waals surface area contributed by atoms with Crippen LogP contribution in [0.1, 0.15) is 5.56 Å². The zero-order chi connectivity index (χ0) is 28.0. The fourth-order valence-corrected chi connectivity index (χ4v) is 6.30. The lowest BCUT2D eigenvalue weighted by Gasteiger charge is -2.12. The van der Waals surface area contributed by atoms with E-state index in [0.29, 0.717) is 5.56 Å². The van der Waals surface area contributed by atoms with Gasteiger partial charge in [0.05, 0.1) is 15.8 Å². The molecule has 1 nitrogen and oxygen atoms in total. The number of hydrogen-bond acceptors (Lipinski definition) is 2. The van der Waals surface area contributed by atoms with E-state index >= 15 is 0 Å². The van der Waals surface area contributed by atoms with Gasteiger partial charge in [0.2, 0.25) is 0 Å². The van der Waals surface area contributed by atoms with E-state index in [1.165, 1.54) is 27.6 Å². The molecule has 0 N–H and O–H groups in total. The molecule has 0 amide bonds. The molecule has 0 radical (unpaired) electrons. The average molecular weight is 558 g/mol.